The van der Waals surface area contributed by atoms with Gasteiger partial charge in [0.2, 0.25) is 0 Å². The summed E-state index contributed by atoms with van der Waals surface area (Å²) < 4.78 is 7.60. The third-order valence-electron chi connectivity index (χ3n) is 4.74. The number of hydrogen-bond donors (Lipinski definition) is 0. The first-order chi connectivity index (χ1) is 12.9. The summed E-state index contributed by atoms with van der Waals surface area (Å²) in [6.45, 7) is 8.67. The lowest BCUT2D eigenvalue weighted by atomic mass is 9.95. The molecule has 0 amide bonds. The van der Waals surface area contributed by atoms with Crippen molar-refractivity contribution in [3.63, 3.8) is 0 Å². The Kier molecular flexibility index (Phi) is 4.56. The van der Waals surface area contributed by atoms with Gasteiger partial charge in [-0.3, -0.25) is 9.36 Å². The summed E-state index contributed by atoms with van der Waals surface area (Å²) >= 11 is 1.56. The topological polar surface area (TPSA) is 57.0 Å². The van der Waals surface area contributed by atoms with Gasteiger partial charge in [0.05, 0.1) is 29.0 Å². The van der Waals surface area contributed by atoms with Gasteiger partial charge in [0.15, 0.2) is 10.8 Å². The molecule has 0 unspecified atom stereocenters. The molecular weight excluding hydrogens is 358 g/mol. The van der Waals surface area contributed by atoms with Gasteiger partial charge >= 0.3 is 0 Å². The highest BCUT2D eigenvalue weighted by atomic mass is 32.2. The van der Waals surface area contributed by atoms with Crippen molar-refractivity contribution in [2.24, 2.45) is 0 Å². The number of aromatic nitrogens is 3. The molecule has 0 spiro atoms. The van der Waals surface area contributed by atoms with E-state index in [0.29, 0.717) is 22.8 Å². The molecule has 0 N–H and O–H groups in total. The number of rotatable bonds is 3. The molecule has 27 heavy (non-hydrogen) atoms. The number of aryl methyl sites for hydroxylation is 1. The van der Waals surface area contributed by atoms with Crippen LogP contribution in [0.4, 0.5) is 0 Å². The first-order valence-electron chi connectivity index (χ1n) is 9.17. The Balaban J connectivity index is 1.98. The van der Waals surface area contributed by atoms with Crippen molar-refractivity contribution in [1.82, 2.24) is 14.5 Å². The molecule has 0 saturated carbocycles. The average molecular weight is 382 g/mol. The molecule has 3 aromatic rings. The van der Waals surface area contributed by atoms with Crippen LogP contribution in [0.3, 0.4) is 0 Å². The molecule has 140 valence electrons. The van der Waals surface area contributed by atoms with Crippen LogP contribution in [0.2, 0.25) is 0 Å². The van der Waals surface area contributed by atoms with Crippen LogP contribution in [0, 0.1) is 6.92 Å². The van der Waals surface area contributed by atoms with Gasteiger partial charge in [-0.15, -0.1) is 0 Å². The van der Waals surface area contributed by atoms with Gasteiger partial charge in [-0.25, -0.2) is 9.97 Å². The summed E-state index contributed by atoms with van der Waals surface area (Å²) in [6, 6.07) is 9.84. The molecule has 4 rings (SSSR count). The van der Waals surface area contributed by atoms with Crippen molar-refractivity contribution >= 4 is 22.8 Å². The van der Waals surface area contributed by atoms with Crippen LogP contribution in [0.25, 0.3) is 16.7 Å². The number of thioether (sulfide) groups is 1. The van der Waals surface area contributed by atoms with Crippen molar-refractivity contribution in [1.29, 1.82) is 0 Å². The maximum Gasteiger partial charge on any atom is 0.268 e. The standard InChI is InChI=1S/C21H23N3O2S/c1-5-27-20-23-18-16(10-14-12-26-21(3,4)11-17(14)22-18)19(25)24(20)15-8-6-7-13(2)9-15/h6-10H,5,11-12H2,1-4H3. The molecule has 0 bridgehead atoms. The second kappa shape index (κ2) is 6.77. The summed E-state index contributed by atoms with van der Waals surface area (Å²) in [5.74, 6) is 0.829. The maximum atomic E-state index is 13.4. The molecule has 2 aromatic heterocycles. The van der Waals surface area contributed by atoms with Crippen LogP contribution in [-0.2, 0) is 17.8 Å². The van der Waals surface area contributed by atoms with E-state index in [0.717, 1.165) is 34.7 Å². The van der Waals surface area contributed by atoms with Crippen molar-refractivity contribution in [3.8, 4) is 5.69 Å². The summed E-state index contributed by atoms with van der Waals surface area (Å²) in [5, 5.41) is 1.22. The van der Waals surface area contributed by atoms with E-state index < -0.39 is 0 Å². The van der Waals surface area contributed by atoms with Gasteiger partial charge < -0.3 is 4.74 Å². The Morgan fingerprint density at radius 1 is 1.26 bits per heavy atom. The quantitative estimate of drug-likeness (QED) is 0.506. The van der Waals surface area contributed by atoms with E-state index >= 15 is 0 Å². The second-order valence-electron chi connectivity index (χ2n) is 7.50. The minimum Gasteiger partial charge on any atom is -0.370 e. The van der Waals surface area contributed by atoms with Crippen LogP contribution in [0.1, 0.15) is 37.6 Å². The lowest BCUT2D eigenvalue weighted by Gasteiger charge is -2.31. The van der Waals surface area contributed by atoms with Crippen molar-refractivity contribution in [3.05, 3.63) is 57.5 Å². The largest absolute Gasteiger partial charge is 0.370 e. The predicted octanol–water partition coefficient (Wildman–Crippen LogP) is 4.05. The van der Waals surface area contributed by atoms with Crippen LogP contribution in [0.5, 0.6) is 0 Å². The lowest BCUT2D eigenvalue weighted by molar-refractivity contribution is -0.0411. The number of fused-ring (bicyclic) bond motifs is 2. The molecule has 0 saturated heterocycles. The van der Waals surface area contributed by atoms with E-state index in [4.69, 9.17) is 14.7 Å². The van der Waals surface area contributed by atoms with Gasteiger partial charge in [-0.05, 0) is 50.3 Å². The van der Waals surface area contributed by atoms with Gasteiger partial charge in [-0.1, -0.05) is 30.8 Å². The van der Waals surface area contributed by atoms with Crippen molar-refractivity contribution < 1.29 is 4.74 Å². The molecular formula is C21H23N3O2S. The number of nitrogens with zero attached hydrogens (tertiary/aromatic N) is 3. The fourth-order valence-corrected chi connectivity index (χ4v) is 4.13. The minimum absolute atomic E-state index is 0.0818. The van der Waals surface area contributed by atoms with E-state index in [1.165, 1.54) is 0 Å². The summed E-state index contributed by atoms with van der Waals surface area (Å²) in [7, 11) is 0. The highest BCUT2D eigenvalue weighted by molar-refractivity contribution is 7.99. The number of benzene rings is 1. The molecule has 0 fully saturated rings. The second-order valence-corrected chi connectivity index (χ2v) is 8.73. The van der Waals surface area contributed by atoms with Gasteiger partial charge in [0.1, 0.15) is 0 Å². The van der Waals surface area contributed by atoms with Crippen LogP contribution < -0.4 is 5.56 Å². The zero-order valence-electron chi connectivity index (χ0n) is 16.1. The fraction of sp³-hybridized carbons (Fsp3) is 0.381. The average Bonchev–Trinajstić information content (AvgIpc) is 2.60. The van der Waals surface area contributed by atoms with E-state index in [1.807, 2.05) is 37.3 Å². The zero-order valence-corrected chi connectivity index (χ0v) is 16.9. The lowest BCUT2D eigenvalue weighted by Crippen LogP contribution is -2.33. The third-order valence-corrected chi connectivity index (χ3v) is 5.56. The highest BCUT2D eigenvalue weighted by Gasteiger charge is 2.28. The smallest absolute Gasteiger partial charge is 0.268 e. The van der Waals surface area contributed by atoms with Crippen molar-refractivity contribution in [2.45, 2.75) is 51.5 Å². The van der Waals surface area contributed by atoms with Crippen LogP contribution in [-0.4, -0.2) is 25.9 Å². The third kappa shape index (κ3) is 3.39. The van der Waals surface area contributed by atoms with Gasteiger partial charge in [0, 0.05) is 12.0 Å². The summed E-state index contributed by atoms with van der Waals surface area (Å²) in [4.78, 5) is 22.9. The SMILES string of the molecule is CCSc1nc2nc3c(cc2c(=O)n1-c1cccc(C)c1)COC(C)(C)C3. The van der Waals surface area contributed by atoms with Gasteiger partial charge in [0.25, 0.3) is 5.56 Å². The molecule has 0 aliphatic carbocycles. The van der Waals surface area contributed by atoms with E-state index in [9.17, 15) is 4.79 Å². The highest BCUT2D eigenvalue weighted by Crippen LogP contribution is 2.29. The molecule has 5 nitrogen and oxygen atoms in total. The summed E-state index contributed by atoms with van der Waals surface area (Å²) in [5.41, 5.74) is 4.09. The zero-order chi connectivity index (χ0) is 19.2. The molecule has 6 heteroatoms. The first kappa shape index (κ1) is 18.2. The number of pyridine rings is 1. The molecule has 1 aliphatic heterocycles. The minimum atomic E-state index is -0.245. The predicted molar refractivity (Wildman–Crippen MR) is 109 cm³/mol. The Morgan fingerprint density at radius 2 is 2.07 bits per heavy atom. The molecule has 0 atom stereocenters. The normalized spacial score (nSPS) is 15.7. The monoisotopic (exact) mass is 381 g/mol. The van der Waals surface area contributed by atoms with Crippen LogP contribution >= 0.6 is 11.8 Å². The van der Waals surface area contributed by atoms with Gasteiger partial charge in [-0.2, -0.15) is 0 Å². The molecule has 0 radical (unpaired) electrons. The molecule has 1 aromatic carbocycles. The summed E-state index contributed by atoms with van der Waals surface area (Å²) in [6.07, 6.45) is 0.719. The Bertz CT molecular complexity index is 1090. The van der Waals surface area contributed by atoms with E-state index in [1.54, 1.807) is 16.3 Å². The Labute approximate surface area is 162 Å². The number of ether oxygens (including phenoxy) is 1. The Morgan fingerprint density at radius 3 is 2.81 bits per heavy atom. The Hall–Kier alpha value is -2.18. The first-order valence-corrected chi connectivity index (χ1v) is 10.2. The maximum absolute atomic E-state index is 13.4. The van der Waals surface area contributed by atoms with Crippen molar-refractivity contribution in [2.75, 3.05) is 5.75 Å². The number of hydrogen-bond acceptors (Lipinski definition) is 5. The van der Waals surface area contributed by atoms with E-state index in [2.05, 4.69) is 20.8 Å². The molecule has 1 aliphatic rings. The molecule has 3 heterocycles. The van der Waals surface area contributed by atoms with E-state index in [-0.39, 0.29) is 11.2 Å². The fourth-order valence-electron chi connectivity index (χ4n) is 3.40. The van der Waals surface area contributed by atoms with Crippen LogP contribution in [0.15, 0.2) is 40.3 Å².